The van der Waals surface area contributed by atoms with Crippen LogP contribution < -0.4 is 5.32 Å². The van der Waals surface area contributed by atoms with Crippen LogP contribution in [0.1, 0.15) is 16.1 Å². The number of sulfonamides is 1. The van der Waals surface area contributed by atoms with Crippen LogP contribution in [0.25, 0.3) is 0 Å². The minimum atomic E-state index is -3.74. The van der Waals surface area contributed by atoms with Crippen molar-refractivity contribution in [3.8, 4) is 0 Å². The van der Waals surface area contributed by atoms with E-state index in [1.54, 1.807) is 12.1 Å². The predicted molar refractivity (Wildman–Crippen MR) is 104 cm³/mol. The monoisotopic (exact) mass is 439 g/mol. The summed E-state index contributed by atoms with van der Waals surface area (Å²) in [7, 11) is -3.74. The molecule has 0 atom stereocenters. The SMILES string of the molecule is O=C(COC(=O)c1cc(S(=O)(=O)N2CCOCC2)c[nH]1)NCCc1ccc(F)cc1. The Labute approximate surface area is 173 Å². The van der Waals surface area contributed by atoms with E-state index in [9.17, 15) is 22.4 Å². The lowest BCUT2D eigenvalue weighted by molar-refractivity contribution is -0.124. The number of amides is 1. The molecule has 0 spiro atoms. The number of benzene rings is 1. The van der Waals surface area contributed by atoms with Crippen molar-refractivity contribution in [1.82, 2.24) is 14.6 Å². The maximum Gasteiger partial charge on any atom is 0.355 e. The molecule has 0 radical (unpaired) electrons. The Bertz CT molecular complexity index is 984. The summed E-state index contributed by atoms with van der Waals surface area (Å²) in [6.07, 6.45) is 1.71. The number of aromatic nitrogens is 1. The van der Waals surface area contributed by atoms with Crippen molar-refractivity contribution < 1.29 is 31.9 Å². The number of nitrogens with zero attached hydrogens (tertiary/aromatic N) is 1. The highest BCUT2D eigenvalue weighted by atomic mass is 32.2. The average Bonchev–Trinajstić information content (AvgIpc) is 3.25. The van der Waals surface area contributed by atoms with Crippen molar-refractivity contribution in [2.45, 2.75) is 11.3 Å². The Kier molecular flexibility index (Phi) is 7.19. The summed E-state index contributed by atoms with van der Waals surface area (Å²) in [5.41, 5.74) is 0.787. The minimum Gasteiger partial charge on any atom is -0.451 e. The van der Waals surface area contributed by atoms with Crippen LogP contribution in [-0.4, -0.2) is 69.0 Å². The fourth-order valence-electron chi connectivity index (χ4n) is 2.83. The molecule has 30 heavy (non-hydrogen) atoms. The number of morpholine rings is 1. The normalized spacial score (nSPS) is 15.0. The van der Waals surface area contributed by atoms with E-state index in [2.05, 4.69) is 10.3 Å². The zero-order chi connectivity index (χ0) is 21.6. The zero-order valence-corrected chi connectivity index (χ0v) is 16.9. The quantitative estimate of drug-likeness (QED) is 0.585. The standard InChI is InChI=1S/C19H22FN3O6S/c20-15-3-1-14(2-4-15)5-6-21-18(24)13-29-19(25)17-11-16(12-22-17)30(26,27)23-7-9-28-10-8-23/h1-4,11-12,22H,5-10,13H2,(H,21,24). The van der Waals surface area contributed by atoms with Gasteiger partial charge in [-0.05, 0) is 30.2 Å². The van der Waals surface area contributed by atoms with Gasteiger partial charge >= 0.3 is 5.97 Å². The molecular formula is C19H22FN3O6S. The van der Waals surface area contributed by atoms with E-state index < -0.39 is 28.5 Å². The summed E-state index contributed by atoms with van der Waals surface area (Å²) < 4.78 is 49.3. The molecule has 11 heteroatoms. The van der Waals surface area contributed by atoms with Crippen molar-refractivity contribution >= 4 is 21.9 Å². The first-order chi connectivity index (χ1) is 14.4. The lowest BCUT2D eigenvalue weighted by atomic mass is 10.1. The first kappa shape index (κ1) is 21.9. The van der Waals surface area contributed by atoms with E-state index in [1.807, 2.05) is 0 Å². The Morgan fingerprint density at radius 1 is 1.20 bits per heavy atom. The minimum absolute atomic E-state index is 0.0555. The molecule has 0 bridgehead atoms. The van der Waals surface area contributed by atoms with Gasteiger partial charge in [-0.2, -0.15) is 4.31 Å². The lowest BCUT2D eigenvalue weighted by Crippen LogP contribution is -2.40. The summed E-state index contributed by atoms with van der Waals surface area (Å²) in [5, 5.41) is 2.59. The van der Waals surface area contributed by atoms with Gasteiger partial charge in [0.25, 0.3) is 5.91 Å². The fraction of sp³-hybridized carbons (Fsp3) is 0.368. The van der Waals surface area contributed by atoms with Crippen LogP contribution in [0.3, 0.4) is 0 Å². The van der Waals surface area contributed by atoms with E-state index in [4.69, 9.17) is 9.47 Å². The molecule has 2 aromatic rings. The second kappa shape index (κ2) is 9.83. The topological polar surface area (TPSA) is 118 Å². The molecular weight excluding hydrogens is 417 g/mol. The Hall–Kier alpha value is -2.76. The second-order valence-corrected chi connectivity index (χ2v) is 8.51. The highest BCUT2D eigenvalue weighted by Crippen LogP contribution is 2.18. The lowest BCUT2D eigenvalue weighted by Gasteiger charge is -2.25. The highest BCUT2D eigenvalue weighted by Gasteiger charge is 2.28. The summed E-state index contributed by atoms with van der Waals surface area (Å²) >= 11 is 0. The number of ether oxygens (including phenoxy) is 2. The predicted octanol–water partition coefficient (Wildman–Crippen LogP) is 0.690. The van der Waals surface area contributed by atoms with Crippen molar-refractivity contribution in [3.05, 3.63) is 53.6 Å². The average molecular weight is 439 g/mol. The van der Waals surface area contributed by atoms with Gasteiger partial charge in [0.2, 0.25) is 10.0 Å². The van der Waals surface area contributed by atoms with Gasteiger partial charge in [0, 0.05) is 25.8 Å². The van der Waals surface area contributed by atoms with Gasteiger partial charge in [-0.3, -0.25) is 4.79 Å². The largest absolute Gasteiger partial charge is 0.451 e. The van der Waals surface area contributed by atoms with Crippen molar-refractivity contribution in [2.24, 2.45) is 0 Å². The Morgan fingerprint density at radius 3 is 2.60 bits per heavy atom. The molecule has 0 aliphatic carbocycles. The molecule has 1 aliphatic rings. The Morgan fingerprint density at radius 2 is 1.90 bits per heavy atom. The molecule has 2 N–H and O–H groups in total. The maximum atomic E-state index is 12.9. The van der Waals surface area contributed by atoms with Crippen LogP contribution in [0.4, 0.5) is 4.39 Å². The van der Waals surface area contributed by atoms with Gasteiger partial charge in [-0.15, -0.1) is 0 Å². The van der Waals surface area contributed by atoms with Crippen molar-refractivity contribution in [2.75, 3.05) is 39.5 Å². The van der Waals surface area contributed by atoms with Crippen molar-refractivity contribution in [3.63, 3.8) is 0 Å². The van der Waals surface area contributed by atoms with Crippen LogP contribution in [0.2, 0.25) is 0 Å². The third-order valence-electron chi connectivity index (χ3n) is 4.47. The highest BCUT2D eigenvalue weighted by molar-refractivity contribution is 7.89. The van der Waals surface area contributed by atoms with E-state index in [1.165, 1.54) is 28.7 Å². The van der Waals surface area contributed by atoms with E-state index in [0.29, 0.717) is 26.2 Å². The van der Waals surface area contributed by atoms with Crippen LogP contribution in [-0.2, 0) is 30.7 Å². The molecule has 0 saturated carbocycles. The summed E-state index contributed by atoms with van der Waals surface area (Å²) in [5.74, 6) is -1.68. The summed E-state index contributed by atoms with van der Waals surface area (Å²) in [6, 6.07) is 7.09. The number of aromatic amines is 1. The van der Waals surface area contributed by atoms with Gasteiger partial charge < -0.3 is 19.8 Å². The van der Waals surface area contributed by atoms with Crippen molar-refractivity contribution in [1.29, 1.82) is 0 Å². The first-order valence-electron chi connectivity index (χ1n) is 9.31. The molecule has 1 fully saturated rings. The molecule has 9 nitrogen and oxygen atoms in total. The van der Waals surface area contributed by atoms with Gasteiger partial charge in [0.1, 0.15) is 16.4 Å². The van der Waals surface area contributed by atoms with E-state index in [0.717, 1.165) is 5.56 Å². The number of hydrogen-bond acceptors (Lipinski definition) is 6. The molecule has 162 valence electrons. The summed E-state index contributed by atoms with van der Waals surface area (Å²) in [6.45, 7) is 0.902. The van der Waals surface area contributed by atoms with Crippen LogP contribution in [0.15, 0.2) is 41.4 Å². The third-order valence-corrected chi connectivity index (χ3v) is 6.34. The number of H-pyrrole nitrogens is 1. The number of carbonyl (C=O) groups excluding carboxylic acids is 2. The molecule has 0 unspecified atom stereocenters. The van der Waals surface area contributed by atoms with E-state index >= 15 is 0 Å². The van der Waals surface area contributed by atoms with Gasteiger partial charge in [-0.25, -0.2) is 17.6 Å². The third kappa shape index (κ3) is 5.65. The van der Waals surface area contributed by atoms with Crippen LogP contribution in [0.5, 0.6) is 0 Å². The van der Waals surface area contributed by atoms with E-state index in [-0.39, 0.29) is 29.5 Å². The van der Waals surface area contributed by atoms with Crippen LogP contribution in [0, 0.1) is 5.82 Å². The van der Waals surface area contributed by atoms with Crippen LogP contribution >= 0.6 is 0 Å². The number of rotatable bonds is 8. The fourth-order valence-corrected chi connectivity index (χ4v) is 4.24. The number of carbonyl (C=O) groups is 2. The number of hydrogen-bond donors (Lipinski definition) is 2. The number of halogens is 1. The maximum absolute atomic E-state index is 12.9. The molecule has 1 saturated heterocycles. The first-order valence-corrected chi connectivity index (χ1v) is 10.7. The number of esters is 1. The molecule has 1 amide bonds. The molecule has 1 aliphatic heterocycles. The van der Waals surface area contributed by atoms with Gasteiger partial charge in [0.05, 0.1) is 13.2 Å². The van der Waals surface area contributed by atoms with Gasteiger partial charge in [-0.1, -0.05) is 12.1 Å². The zero-order valence-electron chi connectivity index (χ0n) is 16.1. The number of nitrogens with one attached hydrogen (secondary N) is 2. The Balaban J connectivity index is 1.45. The molecule has 3 rings (SSSR count). The van der Waals surface area contributed by atoms with Gasteiger partial charge in [0.15, 0.2) is 6.61 Å². The second-order valence-electron chi connectivity index (χ2n) is 6.57. The molecule has 2 heterocycles. The molecule has 1 aromatic carbocycles. The smallest absolute Gasteiger partial charge is 0.355 e. The summed E-state index contributed by atoms with van der Waals surface area (Å²) in [4.78, 5) is 26.4. The molecule has 1 aromatic heterocycles.